The Balaban J connectivity index is 2.28. The Morgan fingerprint density at radius 1 is 1.33 bits per heavy atom. The summed E-state index contributed by atoms with van der Waals surface area (Å²) in [6.45, 7) is 1.76. The Morgan fingerprint density at radius 2 is 2.11 bits per heavy atom. The number of hydrogen-bond acceptors (Lipinski definition) is 3. The number of benzene rings is 1. The van der Waals surface area contributed by atoms with Crippen molar-refractivity contribution < 1.29 is 9.90 Å². The summed E-state index contributed by atoms with van der Waals surface area (Å²) in [5.74, 6) is -0.309. The molecular weight excluding hydrogens is 252 g/mol. The van der Waals surface area contributed by atoms with E-state index in [4.69, 9.17) is 11.6 Å². The molecule has 5 heteroatoms. The molecule has 0 saturated heterocycles. The van der Waals surface area contributed by atoms with Gasteiger partial charge in [0, 0.05) is 16.8 Å². The van der Waals surface area contributed by atoms with Gasteiger partial charge in [-0.2, -0.15) is 0 Å². The van der Waals surface area contributed by atoms with Crippen LogP contribution >= 0.6 is 11.6 Å². The van der Waals surface area contributed by atoms with Crippen LogP contribution in [-0.2, 0) is 0 Å². The lowest BCUT2D eigenvalue weighted by Gasteiger charge is -2.08. The molecule has 0 radical (unpaired) electrons. The van der Waals surface area contributed by atoms with Crippen LogP contribution in [-0.4, -0.2) is 16.0 Å². The summed E-state index contributed by atoms with van der Waals surface area (Å²) in [6.07, 6.45) is 1.49. The number of hydrogen-bond donors (Lipinski definition) is 2. The second kappa shape index (κ2) is 5.06. The standard InChI is InChI=1S/C13H11ClN2O2/c1-8-9(4-2-5-10(8)14)13(18)16-12-11(17)6-3-7-15-12/h2-7,17H,1H3,(H,15,16,18). The lowest BCUT2D eigenvalue weighted by Crippen LogP contribution is -2.14. The molecule has 1 aromatic carbocycles. The zero-order valence-electron chi connectivity index (χ0n) is 9.64. The number of aromatic nitrogens is 1. The van der Waals surface area contributed by atoms with Crippen molar-refractivity contribution in [3.63, 3.8) is 0 Å². The topological polar surface area (TPSA) is 62.2 Å². The van der Waals surface area contributed by atoms with E-state index < -0.39 is 0 Å². The van der Waals surface area contributed by atoms with Crippen molar-refractivity contribution >= 4 is 23.3 Å². The van der Waals surface area contributed by atoms with Crippen LogP contribution in [0.15, 0.2) is 36.5 Å². The molecule has 0 atom stereocenters. The average Bonchev–Trinajstić information content (AvgIpc) is 2.35. The number of aromatic hydroxyl groups is 1. The minimum atomic E-state index is -0.357. The summed E-state index contributed by atoms with van der Waals surface area (Å²) >= 11 is 5.95. The maximum atomic E-state index is 12.0. The van der Waals surface area contributed by atoms with Crippen LogP contribution in [0.1, 0.15) is 15.9 Å². The predicted octanol–water partition coefficient (Wildman–Crippen LogP) is 3.00. The zero-order chi connectivity index (χ0) is 13.1. The number of carbonyl (C=O) groups excluding carboxylic acids is 1. The molecule has 2 rings (SSSR count). The van der Waals surface area contributed by atoms with Crippen LogP contribution in [0.2, 0.25) is 5.02 Å². The van der Waals surface area contributed by atoms with Crippen molar-refractivity contribution in [1.82, 2.24) is 4.98 Å². The summed E-state index contributed by atoms with van der Waals surface area (Å²) in [6, 6.07) is 8.11. The smallest absolute Gasteiger partial charge is 0.257 e. The number of amides is 1. The van der Waals surface area contributed by atoms with Crippen LogP contribution in [0.4, 0.5) is 5.82 Å². The SMILES string of the molecule is Cc1c(Cl)cccc1C(=O)Nc1ncccc1O. The predicted molar refractivity (Wildman–Crippen MR) is 70.0 cm³/mol. The first-order valence-electron chi connectivity index (χ1n) is 5.30. The molecule has 1 aromatic heterocycles. The second-order valence-electron chi connectivity index (χ2n) is 3.74. The quantitative estimate of drug-likeness (QED) is 0.875. The second-order valence-corrected chi connectivity index (χ2v) is 4.14. The van der Waals surface area contributed by atoms with Crippen molar-refractivity contribution in [1.29, 1.82) is 0 Å². The van der Waals surface area contributed by atoms with E-state index in [2.05, 4.69) is 10.3 Å². The molecule has 2 N–H and O–H groups in total. The molecule has 0 unspecified atom stereocenters. The van der Waals surface area contributed by atoms with E-state index in [1.807, 2.05) is 0 Å². The molecule has 4 nitrogen and oxygen atoms in total. The van der Waals surface area contributed by atoms with Crippen molar-refractivity contribution in [2.75, 3.05) is 5.32 Å². The van der Waals surface area contributed by atoms with E-state index in [9.17, 15) is 9.90 Å². The van der Waals surface area contributed by atoms with Gasteiger partial charge in [-0.1, -0.05) is 17.7 Å². The first-order valence-corrected chi connectivity index (χ1v) is 5.68. The fraction of sp³-hybridized carbons (Fsp3) is 0.0769. The van der Waals surface area contributed by atoms with E-state index in [0.29, 0.717) is 16.1 Å². The normalized spacial score (nSPS) is 10.1. The van der Waals surface area contributed by atoms with Crippen molar-refractivity contribution in [3.05, 3.63) is 52.7 Å². The highest BCUT2D eigenvalue weighted by molar-refractivity contribution is 6.32. The van der Waals surface area contributed by atoms with Crippen molar-refractivity contribution in [3.8, 4) is 5.75 Å². The molecule has 92 valence electrons. The van der Waals surface area contributed by atoms with Gasteiger partial charge in [0.2, 0.25) is 0 Å². The van der Waals surface area contributed by atoms with E-state index in [1.54, 1.807) is 31.2 Å². The van der Waals surface area contributed by atoms with Gasteiger partial charge in [0.1, 0.15) is 0 Å². The summed E-state index contributed by atoms with van der Waals surface area (Å²) in [7, 11) is 0. The van der Waals surface area contributed by atoms with Gasteiger partial charge in [-0.15, -0.1) is 0 Å². The number of nitrogens with zero attached hydrogens (tertiary/aromatic N) is 1. The minimum Gasteiger partial charge on any atom is -0.504 e. The molecule has 1 amide bonds. The molecule has 0 bridgehead atoms. The number of carbonyl (C=O) groups is 1. The third kappa shape index (κ3) is 2.43. The van der Waals surface area contributed by atoms with Gasteiger partial charge in [-0.3, -0.25) is 4.79 Å². The summed E-state index contributed by atoms with van der Waals surface area (Å²) < 4.78 is 0. The van der Waals surface area contributed by atoms with Gasteiger partial charge < -0.3 is 10.4 Å². The average molecular weight is 263 g/mol. The number of rotatable bonds is 2. The fourth-order valence-corrected chi connectivity index (χ4v) is 1.70. The number of nitrogens with one attached hydrogen (secondary N) is 1. The lowest BCUT2D eigenvalue weighted by molar-refractivity contribution is 0.102. The van der Waals surface area contributed by atoms with Gasteiger partial charge in [0.05, 0.1) is 0 Å². The molecule has 0 aliphatic heterocycles. The highest BCUT2D eigenvalue weighted by Crippen LogP contribution is 2.22. The fourth-order valence-electron chi connectivity index (χ4n) is 1.52. The maximum absolute atomic E-state index is 12.0. The van der Waals surface area contributed by atoms with Gasteiger partial charge in [0.25, 0.3) is 5.91 Å². The van der Waals surface area contributed by atoms with Crippen LogP contribution in [0, 0.1) is 6.92 Å². The number of pyridine rings is 1. The molecule has 18 heavy (non-hydrogen) atoms. The molecule has 1 heterocycles. The van der Waals surface area contributed by atoms with Crippen molar-refractivity contribution in [2.45, 2.75) is 6.92 Å². The van der Waals surface area contributed by atoms with Gasteiger partial charge >= 0.3 is 0 Å². The maximum Gasteiger partial charge on any atom is 0.257 e. The van der Waals surface area contributed by atoms with Crippen LogP contribution in [0.3, 0.4) is 0 Å². The Bertz CT molecular complexity index is 599. The Morgan fingerprint density at radius 3 is 2.83 bits per heavy atom. The molecule has 0 spiro atoms. The summed E-state index contributed by atoms with van der Waals surface area (Å²) in [5.41, 5.74) is 1.14. The molecular formula is C13H11ClN2O2. The first kappa shape index (κ1) is 12.4. The lowest BCUT2D eigenvalue weighted by atomic mass is 10.1. The van der Waals surface area contributed by atoms with E-state index in [0.717, 1.165) is 0 Å². The molecule has 0 fully saturated rings. The van der Waals surface area contributed by atoms with Crippen molar-refractivity contribution in [2.24, 2.45) is 0 Å². The van der Waals surface area contributed by atoms with Crippen LogP contribution in [0.5, 0.6) is 5.75 Å². The van der Waals surface area contributed by atoms with E-state index in [1.165, 1.54) is 12.3 Å². The minimum absolute atomic E-state index is 0.0782. The van der Waals surface area contributed by atoms with Crippen LogP contribution < -0.4 is 5.32 Å². The highest BCUT2D eigenvalue weighted by Gasteiger charge is 2.13. The van der Waals surface area contributed by atoms with Gasteiger partial charge in [-0.05, 0) is 36.8 Å². The summed E-state index contributed by atoms with van der Waals surface area (Å²) in [4.78, 5) is 15.9. The zero-order valence-corrected chi connectivity index (χ0v) is 10.4. The molecule has 0 saturated carbocycles. The molecule has 0 aliphatic rings. The monoisotopic (exact) mass is 262 g/mol. The number of anilines is 1. The Labute approximate surface area is 109 Å². The van der Waals surface area contributed by atoms with E-state index in [-0.39, 0.29) is 17.5 Å². The third-order valence-corrected chi connectivity index (χ3v) is 2.94. The molecule has 0 aliphatic carbocycles. The highest BCUT2D eigenvalue weighted by atomic mass is 35.5. The third-order valence-electron chi connectivity index (χ3n) is 2.53. The Hall–Kier alpha value is -2.07. The molecule has 2 aromatic rings. The summed E-state index contributed by atoms with van der Waals surface area (Å²) in [5, 5.41) is 12.6. The largest absolute Gasteiger partial charge is 0.504 e. The number of halogens is 1. The van der Waals surface area contributed by atoms with E-state index >= 15 is 0 Å². The van der Waals surface area contributed by atoms with Gasteiger partial charge in [0.15, 0.2) is 11.6 Å². The van der Waals surface area contributed by atoms with Crippen LogP contribution in [0.25, 0.3) is 0 Å². The van der Waals surface area contributed by atoms with Gasteiger partial charge in [-0.25, -0.2) is 4.98 Å². The Kier molecular flexibility index (Phi) is 3.48. The first-order chi connectivity index (χ1) is 8.59.